The van der Waals surface area contributed by atoms with Crippen LogP contribution in [0.3, 0.4) is 0 Å². The van der Waals surface area contributed by atoms with Crippen LogP contribution >= 0.6 is 0 Å². The lowest BCUT2D eigenvalue weighted by Gasteiger charge is -2.22. The molecule has 0 saturated heterocycles. The zero-order valence-corrected chi connectivity index (χ0v) is 14.2. The van der Waals surface area contributed by atoms with Crippen LogP contribution in [0.4, 0.5) is 0 Å². The molecule has 1 aliphatic carbocycles. The normalized spacial score (nSPS) is 14.0. The number of ketones is 2. The van der Waals surface area contributed by atoms with Crippen molar-refractivity contribution in [1.82, 2.24) is 0 Å². The van der Waals surface area contributed by atoms with Crippen LogP contribution in [0.2, 0.25) is 0 Å². The molecule has 0 aliphatic heterocycles. The number of hydrogen-bond donors (Lipinski definition) is 1. The van der Waals surface area contributed by atoms with Crippen LogP contribution in [0.5, 0.6) is 5.75 Å². The monoisotopic (exact) mass is 340 g/mol. The molecule has 0 unspecified atom stereocenters. The van der Waals surface area contributed by atoms with E-state index in [1.54, 1.807) is 24.3 Å². The standard InChI is InChI=1S/C23H16O3/c1-14-9-10-19-20(11-14)21(17-7-2-3-8-18(17)23(19)26)13-22(25)15-5-4-6-16(24)12-15/h2-13,24H,1H3. The Labute approximate surface area is 151 Å². The largest absolute Gasteiger partial charge is 0.508 e. The first-order valence-corrected chi connectivity index (χ1v) is 8.35. The Kier molecular flexibility index (Phi) is 3.77. The molecule has 3 aromatic carbocycles. The van der Waals surface area contributed by atoms with E-state index in [1.165, 1.54) is 12.1 Å². The SMILES string of the molecule is Cc1ccc2c(c1)C(=CC(=O)c1cccc(O)c1)c1ccccc1C2=O. The number of phenolic OH excluding ortho intramolecular Hbond substituents is 1. The van der Waals surface area contributed by atoms with Crippen LogP contribution in [-0.2, 0) is 0 Å². The van der Waals surface area contributed by atoms with Gasteiger partial charge < -0.3 is 5.11 Å². The average molecular weight is 340 g/mol. The second-order valence-corrected chi connectivity index (χ2v) is 6.40. The first-order chi connectivity index (χ1) is 12.5. The van der Waals surface area contributed by atoms with Crippen LogP contribution in [0, 0.1) is 6.92 Å². The van der Waals surface area contributed by atoms with E-state index in [0.717, 1.165) is 22.3 Å². The van der Waals surface area contributed by atoms with Gasteiger partial charge in [0.2, 0.25) is 0 Å². The van der Waals surface area contributed by atoms with Crippen molar-refractivity contribution < 1.29 is 14.7 Å². The van der Waals surface area contributed by atoms with Crippen molar-refractivity contribution in [3.63, 3.8) is 0 Å². The summed E-state index contributed by atoms with van der Waals surface area (Å²) in [4.78, 5) is 25.6. The summed E-state index contributed by atoms with van der Waals surface area (Å²) < 4.78 is 0. The first kappa shape index (κ1) is 16.0. The molecule has 1 aliphatic rings. The van der Waals surface area contributed by atoms with Gasteiger partial charge in [0.1, 0.15) is 5.75 Å². The highest BCUT2D eigenvalue weighted by molar-refractivity contribution is 6.21. The van der Waals surface area contributed by atoms with E-state index in [0.29, 0.717) is 16.7 Å². The highest BCUT2D eigenvalue weighted by atomic mass is 16.3. The number of aromatic hydroxyl groups is 1. The summed E-state index contributed by atoms with van der Waals surface area (Å²) in [6, 6.07) is 19.2. The topological polar surface area (TPSA) is 54.4 Å². The summed E-state index contributed by atoms with van der Waals surface area (Å²) in [5, 5.41) is 9.64. The van der Waals surface area contributed by atoms with Crippen LogP contribution in [0.1, 0.15) is 43.0 Å². The molecule has 0 saturated carbocycles. The van der Waals surface area contributed by atoms with E-state index in [4.69, 9.17) is 0 Å². The van der Waals surface area contributed by atoms with Crippen molar-refractivity contribution in [3.8, 4) is 5.75 Å². The molecular formula is C23H16O3. The Balaban J connectivity index is 1.93. The van der Waals surface area contributed by atoms with Gasteiger partial charge in [-0.25, -0.2) is 0 Å². The van der Waals surface area contributed by atoms with E-state index in [-0.39, 0.29) is 17.3 Å². The molecule has 0 heterocycles. The van der Waals surface area contributed by atoms with E-state index in [9.17, 15) is 14.7 Å². The Hall–Kier alpha value is -3.46. The molecule has 1 N–H and O–H groups in total. The maximum absolute atomic E-state index is 12.8. The smallest absolute Gasteiger partial charge is 0.194 e. The minimum Gasteiger partial charge on any atom is -0.508 e. The van der Waals surface area contributed by atoms with E-state index in [2.05, 4.69) is 0 Å². The van der Waals surface area contributed by atoms with E-state index < -0.39 is 0 Å². The summed E-state index contributed by atoms with van der Waals surface area (Å²) in [6.07, 6.45) is 1.55. The zero-order valence-electron chi connectivity index (χ0n) is 14.2. The molecule has 3 heteroatoms. The lowest BCUT2D eigenvalue weighted by Crippen LogP contribution is -2.15. The van der Waals surface area contributed by atoms with E-state index in [1.807, 2.05) is 43.3 Å². The van der Waals surface area contributed by atoms with Crippen LogP contribution < -0.4 is 0 Å². The number of carbonyl (C=O) groups excluding carboxylic acids is 2. The Morgan fingerprint density at radius 3 is 2.35 bits per heavy atom. The van der Waals surface area contributed by atoms with Crippen molar-refractivity contribution >= 4 is 17.1 Å². The van der Waals surface area contributed by atoms with Gasteiger partial charge >= 0.3 is 0 Å². The average Bonchev–Trinajstić information content (AvgIpc) is 2.65. The number of allylic oxidation sites excluding steroid dienone is 1. The van der Waals surface area contributed by atoms with Gasteiger partial charge in [-0.3, -0.25) is 9.59 Å². The zero-order chi connectivity index (χ0) is 18.3. The quantitative estimate of drug-likeness (QED) is 0.430. The third-order valence-electron chi connectivity index (χ3n) is 4.58. The molecule has 0 aromatic heterocycles. The number of hydrogen-bond acceptors (Lipinski definition) is 3. The van der Waals surface area contributed by atoms with Crippen LogP contribution in [-0.4, -0.2) is 16.7 Å². The number of aryl methyl sites for hydroxylation is 1. The molecule has 0 bridgehead atoms. The van der Waals surface area contributed by atoms with Gasteiger partial charge in [-0.2, -0.15) is 0 Å². The molecular weight excluding hydrogens is 324 g/mol. The van der Waals surface area contributed by atoms with Crippen molar-refractivity contribution in [2.24, 2.45) is 0 Å². The summed E-state index contributed by atoms with van der Waals surface area (Å²) in [5.41, 5.74) is 4.87. The first-order valence-electron chi connectivity index (χ1n) is 8.35. The number of carbonyl (C=O) groups is 2. The van der Waals surface area contributed by atoms with Gasteiger partial charge in [-0.05, 0) is 41.8 Å². The number of fused-ring (bicyclic) bond motifs is 2. The third kappa shape index (κ3) is 2.64. The highest BCUT2D eigenvalue weighted by Crippen LogP contribution is 2.36. The van der Waals surface area contributed by atoms with Gasteiger partial charge in [-0.15, -0.1) is 0 Å². The summed E-state index contributed by atoms with van der Waals surface area (Å²) >= 11 is 0. The molecule has 0 radical (unpaired) electrons. The Morgan fingerprint density at radius 1 is 0.846 bits per heavy atom. The molecule has 0 fully saturated rings. The summed E-state index contributed by atoms with van der Waals surface area (Å²) in [7, 11) is 0. The van der Waals surface area contributed by atoms with Gasteiger partial charge in [0.05, 0.1) is 0 Å². The lowest BCUT2D eigenvalue weighted by atomic mass is 9.80. The fraction of sp³-hybridized carbons (Fsp3) is 0.0435. The van der Waals surface area contributed by atoms with Crippen molar-refractivity contribution in [1.29, 1.82) is 0 Å². The number of phenols is 1. The van der Waals surface area contributed by atoms with Gasteiger partial charge in [0, 0.05) is 16.7 Å². The molecule has 4 rings (SSSR count). The maximum atomic E-state index is 12.8. The van der Waals surface area contributed by atoms with Crippen LogP contribution in [0.15, 0.2) is 72.8 Å². The molecule has 126 valence electrons. The minimum absolute atomic E-state index is 0.0300. The highest BCUT2D eigenvalue weighted by Gasteiger charge is 2.27. The fourth-order valence-electron chi connectivity index (χ4n) is 3.31. The van der Waals surface area contributed by atoms with Crippen molar-refractivity contribution in [2.75, 3.05) is 0 Å². The second-order valence-electron chi connectivity index (χ2n) is 6.40. The lowest BCUT2D eigenvalue weighted by molar-refractivity contribution is 0.103. The molecule has 26 heavy (non-hydrogen) atoms. The van der Waals surface area contributed by atoms with Crippen molar-refractivity contribution in [3.05, 3.63) is 106 Å². The molecule has 3 aromatic rings. The molecule has 0 amide bonds. The Bertz CT molecular complexity index is 1090. The molecule has 0 spiro atoms. The Morgan fingerprint density at radius 2 is 1.58 bits per heavy atom. The third-order valence-corrected chi connectivity index (χ3v) is 4.58. The molecule has 0 atom stereocenters. The summed E-state index contributed by atoms with van der Waals surface area (Å²) in [5.74, 6) is -0.199. The maximum Gasteiger partial charge on any atom is 0.194 e. The fourth-order valence-corrected chi connectivity index (χ4v) is 3.31. The van der Waals surface area contributed by atoms with Gasteiger partial charge in [-0.1, -0.05) is 60.2 Å². The number of rotatable bonds is 2. The number of benzene rings is 3. The van der Waals surface area contributed by atoms with Gasteiger partial charge in [0.25, 0.3) is 0 Å². The predicted octanol–water partition coefficient (Wildman–Crippen LogP) is 4.56. The van der Waals surface area contributed by atoms with Crippen molar-refractivity contribution in [2.45, 2.75) is 6.92 Å². The van der Waals surface area contributed by atoms with E-state index >= 15 is 0 Å². The second kappa shape index (κ2) is 6.12. The van der Waals surface area contributed by atoms with Gasteiger partial charge in [0.15, 0.2) is 11.6 Å². The molecule has 3 nitrogen and oxygen atoms in total. The predicted molar refractivity (Wildman–Crippen MR) is 101 cm³/mol. The summed E-state index contributed by atoms with van der Waals surface area (Å²) in [6.45, 7) is 1.96. The van der Waals surface area contributed by atoms with Crippen LogP contribution in [0.25, 0.3) is 5.57 Å². The minimum atomic E-state index is -0.215.